The Morgan fingerprint density at radius 1 is 1.30 bits per heavy atom. The zero-order valence-corrected chi connectivity index (χ0v) is 11.7. The lowest BCUT2D eigenvalue weighted by Gasteiger charge is -2.17. The molecule has 1 rings (SSSR count). The Hall–Kier alpha value is -2.06. The SMILES string of the molecule is CN(CCCCCO)C(=O)COc1ccc(C#N)cc1. The first-order chi connectivity index (χ1) is 9.67. The number of rotatable bonds is 8. The van der Waals surface area contributed by atoms with Gasteiger partial charge in [0.25, 0.3) is 5.91 Å². The molecule has 0 bridgehead atoms. The van der Waals surface area contributed by atoms with Gasteiger partial charge in [-0.15, -0.1) is 0 Å². The van der Waals surface area contributed by atoms with Gasteiger partial charge in [-0.1, -0.05) is 0 Å². The Bertz CT molecular complexity index is 451. The molecular formula is C15H20N2O3. The summed E-state index contributed by atoms with van der Waals surface area (Å²) < 4.78 is 5.38. The second-order valence-electron chi connectivity index (χ2n) is 4.52. The summed E-state index contributed by atoms with van der Waals surface area (Å²) in [7, 11) is 1.74. The van der Waals surface area contributed by atoms with E-state index in [0.717, 1.165) is 19.3 Å². The molecule has 1 aromatic carbocycles. The third-order valence-corrected chi connectivity index (χ3v) is 2.92. The van der Waals surface area contributed by atoms with E-state index < -0.39 is 0 Å². The predicted molar refractivity (Wildman–Crippen MR) is 75.2 cm³/mol. The van der Waals surface area contributed by atoms with Crippen LogP contribution in [0, 0.1) is 11.3 Å². The van der Waals surface area contributed by atoms with Gasteiger partial charge in [0.2, 0.25) is 0 Å². The van der Waals surface area contributed by atoms with Gasteiger partial charge in [-0.25, -0.2) is 0 Å². The van der Waals surface area contributed by atoms with Gasteiger partial charge in [0, 0.05) is 20.2 Å². The molecule has 0 aliphatic rings. The number of aliphatic hydroxyl groups is 1. The number of nitrogens with zero attached hydrogens (tertiary/aromatic N) is 2. The van der Waals surface area contributed by atoms with E-state index in [1.165, 1.54) is 0 Å². The highest BCUT2D eigenvalue weighted by atomic mass is 16.5. The van der Waals surface area contributed by atoms with Crippen LogP contribution in [0.3, 0.4) is 0 Å². The molecule has 1 aromatic rings. The van der Waals surface area contributed by atoms with Crippen LogP contribution in [0.2, 0.25) is 0 Å². The number of likely N-dealkylation sites (N-methyl/N-ethyl adjacent to an activating group) is 1. The van der Waals surface area contributed by atoms with E-state index in [0.29, 0.717) is 17.9 Å². The van der Waals surface area contributed by atoms with E-state index in [4.69, 9.17) is 15.1 Å². The molecule has 0 atom stereocenters. The van der Waals surface area contributed by atoms with Crippen LogP contribution in [-0.4, -0.2) is 42.7 Å². The molecule has 0 aliphatic carbocycles. The van der Waals surface area contributed by atoms with E-state index in [-0.39, 0.29) is 19.1 Å². The highest BCUT2D eigenvalue weighted by Crippen LogP contribution is 2.11. The monoisotopic (exact) mass is 276 g/mol. The fourth-order valence-electron chi connectivity index (χ4n) is 1.64. The number of unbranched alkanes of at least 4 members (excludes halogenated alkanes) is 2. The molecule has 0 saturated carbocycles. The first kappa shape index (κ1) is 16.0. The van der Waals surface area contributed by atoms with E-state index >= 15 is 0 Å². The lowest BCUT2D eigenvalue weighted by molar-refractivity contribution is -0.132. The number of hydrogen-bond acceptors (Lipinski definition) is 4. The second kappa shape index (κ2) is 8.94. The quantitative estimate of drug-likeness (QED) is 0.731. The summed E-state index contributed by atoms with van der Waals surface area (Å²) in [6.07, 6.45) is 2.55. The molecule has 0 spiro atoms. The Balaban J connectivity index is 2.29. The van der Waals surface area contributed by atoms with Crippen molar-refractivity contribution >= 4 is 5.91 Å². The average molecular weight is 276 g/mol. The lowest BCUT2D eigenvalue weighted by Crippen LogP contribution is -2.32. The maximum Gasteiger partial charge on any atom is 0.260 e. The van der Waals surface area contributed by atoms with Crippen molar-refractivity contribution in [2.45, 2.75) is 19.3 Å². The highest BCUT2D eigenvalue weighted by Gasteiger charge is 2.09. The van der Waals surface area contributed by atoms with Crippen LogP contribution in [0.1, 0.15) is 24.8 Å². The topological polar surface area (TPSA) is 73.6 Å². The zero-order valence-electron chi connectivity index (χ0n) is 11.7. The van der Waals surface area contributed by atoms with Crippen molar-refractivity contribution in [2.75, 3.05) is 26.8 Å². The number of carbonyl (C=O) groups is 1. The van der Waals surface area contributed by atoms with Gasteiger partial charge in [-0.3, -0.25) is 4.79 Å². The number of carbonyl (C=O) groups excluding carboxylic acids is 1. The van der Waals surface area contributed by atoms with Crippen LogP contribution in [0.4, 0.5) is 0 Å². The van der Waals surface area contributed by atoms with Gasteiger partial charge in [0.1, 0.15) is 5.75 Å². The molecule has 0 heterocycles. The standard InChI is InChI=1S/C15H20N2O3/c1-17(9-3-2-4-10-18)15(19)12-20-14-7-5-13(11-16)6-8-14/h5-8,18H,2-4,9-10,12H2,1H3. The largest absolute Gasteiger partial charge is 0.484 e. The van der Waals surface area contributed by atoms with Gasteiger partial charge in [-0.2, -0.15) is 5.26 Å². The summed E-state index contributed by atoms with van der Waals surface area (Å²) in [6.45, 7) is 0.845. The van der Waals surface area contributed by atoms with Crippen molar-refractivity contribution in [3.63, 3.8) is 0 Å². The molecule has 0 saturated heterocycles. The smallest absolute Gasteiger partial charge is 0.260 e. The summed E-state index contributed by atoms with van der Waals surface area (Å²) in [5.74, 6) is 0.490. The fraction of sp³-hybridized carbons (Fsp3) is 0.467. The van der Waals surface area contributed by atoms with Gasteiger partial charge in [0.15, 0.2) is 6.61 Å². The van der Waals surface area contributed by atoms with E-state index in [2.05, 4.69) is 0 Å². The summed E-state index contributed by atoms with van der Waals surface area (Å²) in [6, 6.07) is 8.67. The number of benzene rings is 1. The molecule has 0 fully saturated rings. The molecule has 108 valence electrons. The summed E-state index contributed by atoms with van der Waals surface area (Å²) in [5, 5.41) is 17.3. The first-order valence-corrected chi connectivity index (χ1v) is 6.65. The maximum absolute atomic E-state index is 11.8. The van der Waals surface area contributed by atoms with Crippen molar-refractivity contribution in [1.82, 2.24) is 4.90 Å². The first-order valence-electron chi connectivity index (χ1n) is 6.65. The van der Waals surface area contributed by atoms with Crippen molar-refractivity contribution in [2.24, 2.45) is 0 Å². The van der Waals surface area contributed by atoms with E-state index in [1.54, 1.807) is 36.2 Å². The molecule has 5 heteroatoms. The van der Waals surface area contributed by atoms with E-state index in [1.807, 2.05) is 6.07 Å². The minimum absolute atomic E-state index is 0.0115. The number of hydrogen-bond donors (Lipinski definition) is 1. The van der Waals surface area contributed by atoms with Gasteiger partial charge in [0.05, 0.1) is 11.6 Å². The fourth-order valence-corrected chi connectivity index (χ4v) is 1.64. The number of ether oxygens (including phenoxy) is 1. The third-order valence-electron chi connectivity index (χ3n) is 2.92. The summed E-state index contributed by atoms with van der Waals surface area (Å²) >= 11 is 0. The van der Waals surface area contributed by atoms with E-state index in [9.17, 15) is 4.79 Å². The molecule has 5 nitrogen and oxygen atoms in total. The van der Waals surface area contributed by atoms with Gasteiger partial charge < -0.3 is 14.7 Å². The van der Waals surface area contributed by atoms with Crippen molar-refractivity contribution < 1.29 is 14.6 Å². The third kappa shape index (κ3) is 5.72. The number of aliphatic hydroxyl groups excluding tert-OH is 1. The number of nitriles is 1. The van der Waals surface area contributed by atoms with Crippen LogP contribution in [-0.2, 0) is 4.79 Å². The highest BCUT2D eigenvalue weighted by molar-refractivity contribution is 5.77. The van der Waals surface area contributed by atoms with Crippen LogP contribution in [0.15, 0.2) is 24.3 Å². The molecule has 1 amide bonds. The summed E-state index contributed by atoms with van der Waals surface area (Å²) in [5.41, 5.74) is 0.560. The van der Waals surface area contributed by atoms with Crippen LogP contribution < -0.4 is 4.74 Å². The molecule has 0 aromatic heterocycles. The Morgan fingerprint density at radius 3 is 2.60 bits per heavy atom. The Morgan fingerprint density at radius 2 is 2.00 bits per heavy atom. The lowest BCUT2D eigenvalue weighted by atomic mass is 10.2. The maximum atomic E-state index is 11.8. The molecular weight excluding hydrogens is 256 g/mol. The second-order valence-corrected chi connectivity index (χ2v) is 4.52. The van der Waals surface area contributed by atoms with Crippen LogP contribution >= 0.6 is 0 Å². The summed E-state index contributed by atoms with van der Waals surface area (Å²) in [4.78, 5) is 13.4. The minimum atomic E-state index is -0.0849. The van der Waals surface area contributed by atoms with Crippen molar-refractivity contribution in [3.8, 4) is 11.8 Å². The van der Waals surface area contributed by atoms with Crippen LogP contribution in [0.5, 0.6) is 5.75 Å². The molecule has 0 aliphatic heterocycles. The Labute approximate surface area is 119 Å². The van der Waals surface area contributed by atoms with Crippen LogP contribution in [0.25, 0.3) is 0 Å². The molecule has 0 radical (unpaired) electrons. The Kier molecular flexibility index (Phi) is 7.15. The van der Waals surface area contributed by atoms with Crippen molar-refractivity contribution in [3.05, 3.63) is 29.8 Å². The molecule has 0 unspecified atom stereocenters. The molecule has 20 heavy (non-hydrogen) atoms. The molecule has 1 N–H and O–H groups in total. The predicted octanol–water partition coefficient (Wildman–Crippen LogP) is 1.56. The van der Waals surface area contributed by atoms with Gasteiger partial charge in [-0.05, 0) is 43.5 Å². The minimum Gasteiger partial charge on any atom is -0.484 e. The average Bonchev–Trinajstić information content (AvgIpc) is 2.49. The van der Waals surface area contributed by atoms with Gasteiger partial charge >= 0.3 is 0 Å². The normalized spacial score (nSPS) is 9.85. The zero-order chi connectivity index (χ0) is 14.8. The number of amides is 1. The van der Waals surface area contributed by atoms with Crippen molar-refractivity contribution in [1.29, 1.82) is 5.26 Å².